The molecule has 0 atom stereocenters. The number of pyridine rings is 1. The maximum atomic E-state index is 12.5. The number of amides is 1. The van der Waals surface area contributed by atoms with Gasteiger partial charge in [0.15, 0.2) is 0 Å². The molecule has 0 unspecified atom stereocenters. The van der Waals surface area contributed by atoms with E-state index in [-0.39, 0.29) is 5.91 Å². The van der Waals surface area contributed by atoms with Crippen LogP contribution < -0.4 is 0 Å². The third-order valence-corrected chi connectivity index (χ3v) is 3.98. The fourth-order valence-corrected chi connectivity index (χ4v) is 2.60. The average Bonchev–Trinajstić information content (AvgIpc) is 2.62. The first-order valence-corrected chi connectivity index (χ1v) is 7.69. The Morgan fingerprint density at radius 2 is 1.86 bits per heavy atom. The molecular formula is C18H20N2O2. The van der Waals surface area contributed by atoms with Crippen molar-refractivity contribution in [2.45, 2.75) is 13.3 Å². The molecule has 1 aromatic carbocycles. The average molecular weight is 296 g/mol. The van der Waals surface area contributed by atoms with Crippen LogP contribution >= 0.6 is 0 Å². The van der Waals surface area contributed by atoms with Crippen LogP contribution in [-0.4, -0.2) is 42.1 Å². The van der Waals surface area contributed by atoms with E-state index in [1.807, 2.05) is 11.0 Å². The predicted molar refractivity (Wildman–Crippen MR) is 85.8 cm³/mol. The molecule has 0 radical (unpaired) electrons. The van der Waals surface area contributed by atoms with Crippen LogP contribution in [0.4, 0.5) is 0 Å². The molecule has 114 valence electrons. The first kappa shape index (κ1) is 14.7. The quantitative estimate of drug-likeness (QED) is 0.874. The van der Waals surface area contributed by atoms with Gasteiger partial charge in [0, 0.05) is 31.0 Å². The van der Waals surface area contributed by atoms with Crippen molar-refractivity contribution >= 4 is 5.91 Å². The topological polar surface area (TPSA) is 42.4 Å². The second-order valence-corrected chi connectivity index (χ2v) is 5.42. The SMILES string of the molecule is CCc1ccc(-c2cncc(C(=O)N3CCOCC3)c2)cc1. The van der Waals surface area contributed by atoms with E-state index >= 15 is 0 Å². The van der Waals surface area contributed by atoms with Gasteiger partial charge in [0.1, 0.15) is 0 Å². The molecule has 1 saturated heterocycles. The highest BCUT2D eigenvalue weighted by Crippen LogP contribution is 2.21. The summed E-state index contributed by atoms with van der Waals surface area (Å²) in [4.78, 5) is 18.6. The summed E-state index contributed by atoms with van der Waals surface area (Å²) < 4.78 is 5.29. The van der Waals surface area contributed by atoms with E-state index in [4.69, 9.17) is 4.74 Å². The zero-order chi connectivity index (χ0) is 15.4. The smallest absolute Gasteiger partial charge is 0.255 e. The summed E-state index contributed by atoms with van der Waals surface area (Å²) in [6, 6.07) is 10.3. The molecule has 0 bridgehead atoms. The molecule has 1 aliphatic heterocycles. The number of hydrogen-bond acceptors (Lipinski definition) is 3. The van der Waals surface area contributed by atoms with Crippen LogP contribution in [0.15, 0.2) is 42.7 Å². The highest BCUT2D eigenvalue weighted by molar-refractivity contribution is 5.95. The van der Waals surface area contributed by atoms with Gasteiger partial charge in [-0.3, -0.25) is 9.78 Å². The largest absolute Gasteiger partial charge is 0.378 e. The lowest BCUT2D eigenvalue weighted by Gasteiger charge is -2.26. The van der Waals surface area contributed by atoms with Gasteiger partial charge in [-0.05, 0) is 23.6 Å². The minimum atomic E-state index is 0.0304. The number of hydrogen-bond donors (Lipinski definition) is 0. The Labute approximate surface area is 130 Å². The number of ether oxygens (including phenoxy) is 1. The van der Waals surface area contributed by atoms with Gasteiger partial charge >= 0.3 is 0 Å². The van der Waals surface area contributed by atoms with Crippen molar-refractivity contribution in [3.63, 3.8) is 0 Å². The number of carbonyl (C=O) groups excluding carboxylic acids is 1. The zero-order valence-electron chi connectivity index (χ0n) is 12.8. The summed E-state index contributed by atoms with van der Waals surface area (Å²) >= 11 is 0. The number of aryl methyl sites for hydroxylation is 1. The number of nitrogens with zero attached hydrogens (tertiary/aromatic N) is 2. The highest BCUT2D eigenvalue weighted by Gasteiger charge is 2.19. The lowest BCUT2D eigenvalue weighted by molar-refractivity contribution is 0.0302. The molecule has 0 saturated carbocycles. The summed E-state index contributed by atoms with van der Waals surface area (Å²) in [5.41, 5.74) is 4.00. The van der Waals surface area contributed by atoms with Crippen LogP contribution in [0.2, 0.25) is 0 Å². The van der Waals surface area contributed by atoms with Crippen molar-refractivity contribution in [1.82, 2.24) is 9.88 Å². The third-order valence-electron chi connectivity index (χ3n) is 3.98. The molecule has 2 aromatic rings. The molecule has 4 nitrogen and oxygen atoms in total. The molecule has 22 heavy (non-hydrogen) atoms. The summed E-state index contributed by atoms with van der Waals surface area (Å²) in [6.45, 7) is 4.65. The number of morpholine rings is 1. The number of carbonyl (C=O) groups is 1. The maximum Gasteiger partial charge on any atom is 0.255 e. The Bertz CT molecular complexity index is 646. The van der Waals surface area contributed by atoms with Gasteiger partial charge in [0.25, 0.3) is 5.91 Å². The fraction of sp³-hybridized carbons (Fsp3) is 0.333. The van der Waals surface area contributed by atoms with E-state index in [2.05, 4.69) is 36.2 Å². The van der Waals surface area contributed by atoms with Crippen molar-refractivity contribution < 1.29 is 9.53 Å². The normalized spacial score (nSPS) is 14.9. The van der Waals surface area contributed by atoms with Gasteiger partial charge in [-0.15, -0.1) is 0 Å². The lowest BCUT2D eigenvalue weighted by Crippen LogP contribution is -2.40. The maximum absolute atomic E-state index is 12.5. The van der Waals surface area contributed by atoms with Crippen LogP contribution in [0, 0.1) is 0 Å². The Hall–Kier alpha value is -2.20. The molecule has 0 N–H and O–H groups in total. The Morgan fingerprint density at radius 3 is 2.55 bits per heavy atom. The van der Waals surface area contributed by atoms with Gasteiger partial charge in [-0.1, -0.05) is 31.2 Å². The van der Waals surface area contributed by atoms with Crippen LogP contribution in [-0.2, 0) is 11.2 Å². The molecule has 1 fully saturated rings. The Balaban J connectivity index is 1.83. The van der Waals surface area contributed by atoms with E-state index in [0.29, 0.717) is 31.9 Å². The van der Waals surface area contributed by atoms with E-state index in [9.17, 15) is 4.79 Å². The van der Waals surface area contributed by atoms with Crippen molar-refractivity contribution in [1.29, 1.82) is 0 Å². The van der Waals surface area contributed by atoms with Gasteiger partial charge in [-0.25, -0.2) is 0 Å². The Morgan fingerprint density at radius 1 is 1.14 bits per heavy atom. The molecular weight excluding hydrogens is 276 g/mol. The van der Waals surface area contributed by atoms with Crippen molar-refractivity contribution in [3.05, 3.63) is 53.9 Å². The highest BCUT2D eigenvalue weighted by atomic mass is 16.5. The molecule has 1 aliphatic rings. The van der Waals surface area contributed by atoms with Crippen molar-refractivity contribution in [2.75, 3.05) is 26.3 Å². The van der Waals surface area contributed by atoms with Gasteiger partial charge < -0.3 is 9.64 Å². The second kappa shape index (κ2) is 6.71. The fourth-order valence-electron chi connectivity index (χ4n) is 2.60. The van der Waals surface area contributed by atoms with Crippen LogP contribution in [0.3, 0.4) is 0 Å². The standard InChI is InChI=1S/C18H20N2O2/c1-2-14-3-5-15(6-4-14)16-11-17(13-19-12-16)18(21)20-7-9-22-10-8-20/h3-6,11-13H,2,7-10H2,1H3. The molecule has 4 heteroatoms. The summed E-state index contributed by atoms with van der Waals surface area (Å²) in [5.74, 6) is 0.0304. The number of rotatable bonds is 3. The van der Waals surface area contributed by atoms with Crippen LogP contribution in [0.1, 0.15) is 22.8 Å². The van der Waals surface area contributed by atoms with Crippen molar-refractivity contribution in [2.24, 2.45) is 0 Å². The molecule has 3 rings (SSSR count). The van der Waals surface area contributed by atoms with E-state index in [0.717, 1.165) is 17.5 Å². The molecule has 1 aromatic heterocycles. The Kier molecular flexibility index (Phi) is 4.49. The van der Waals surface area contributed by atoms with Gasteiger partial charge in [0.05, 0.1) is 18.8 Å². The van der Waals surface area contributed by atoms with Gasteiger partial charge in [-0.2, -0.15) is 0 Å². The molecule has 0 spiro atoms. The number of benzene rings is 1. The molecule has 2 heterocycles. The van der Waals surface area contributed by atoms with E-state index in [1.165, 1.54) is 5.56 Å². The second-order valence-electron chi connectivity index (χ2n) is 5.42. The monoisotopic (exact) mass is 296 g/mol. The van der Waals surface area contributed by atoms with E-state index < -0.39 is 0 Å². The lowest BCUT2D eigenvalue weighted by atomic mass is 10.0. The summed E-state index contributed by atoms with van der Waals surface area (Å²) in [6.07, 6.45) is 4.47. The predicted octanol–water partition coefficient (Wildman–Crippen LogP) is 2.78. The minimum absolute atomic E-state index is 0.0304. The molecule has 1 amide bonds. The third kappa shape index (κ3) is 3.17. The van der Waals surface area contributed by atoms with Crippen LogP contribution in [0.25, 0.3) is 11.1 Å². The zero-order valence-corrected chi connectivity index (χ0v) is 12.8. The first-order chi connectivity index (χ1) is 10.8. The van der Waals surface area contributed by atoms with Crippen molar-refractivity contribution in [3.8, 4) is 11.1 Å². The summed E-state index contributed by atoms with van der Waals surface area (Å²) in [5, 5.41) is 0. The summed E-state index contributed by atoms with van der Waals surface area (Å²) in [7, 11) is 0. The van der Waals surface area contributed by atoms with Gasteiger partial charge in [0.2, 0.25) is 0 Å². The minimum Gasteiger partial charge on any atom is -0.378 e. The molecule has 0 aliphatic carbocycles. The first-order valence-electron chi connectivity index (χ1n) is 7.69. The number of aromatic nitrogens is 1. The van der Waals surface area contributed by atoms with E-state index in [1.54, 1.807) is 12.4 Å². The van der Waals surface area contributed by atoms with Crippen LogP contribution in [0.5, 0.6) is 0 Å².